The van der Waals surface area contributed by atoms with Crippen molar-refractivity contribution in [1.82, 2.24) is 14.9 Å². The molecule has 2 aromatic rings. The number of hydrogen-bond donors (Lipinski definition) is 2. The van der Waals surface area contributed by atoms with Gasteiger partial charge in [0, 0.05) is 20.1 Å². The lowest BCUT2D eigenvalue weighted by Gasteiger charge is -2.28. The Labute approximate surface area is 176 Å². The molecular formula is C17H18Cl2N4O5S. The number of rotatable bonds is 4. The van der Waals surface area contributed by atoms with Crippen LogP contribution >= 0.6 is 23.2 Å². The normalized spacial score (nSPS) is 15.9. The fourth-order valence-corrected chi connectivity index (χ4v) is 4.82. The van der Waals surface area contributed by atoms with Crippen LogP contribution in [0.5, 0.6) is 5.75 Å². The second-order valence-electron chi connectivity index (χ2n) is 6.50. The maximum atomic E-state index is 12.5. The SMILES string of the molecule is Cn1c(N2CCCCS2(=O)=O)nc(C(=O)NCc2ccc(Cl)c(Cl)c2)c(O)c1=O. The van der Waals surface area contributed by atoms with Crippen LogP contribution in [-0.4, -0.2) is 41.3 Å². The number of nitrogens with zero attached hydrogens (tertiary/aromatic N) is 3. The van der Waals surface area contributed by atoms with Gasteiger partial charge in [-0.25, -0.2) is 17.7 Å². The summed E-state index contributed by atoms with van der Waals surface area (Å²) in [5, 5.41) is 13.3. The molecule has 0 radical (unpaired) electrons. The zero-order valence-electron chi connectivity index (χ0n) is 15.4. The van der Waals surface area contributed by atoms with Crippen LogP contribution in [0.4, 0.5) is 5.95 Å². The highest BCUT2D eigenvalue weighted by Crippen LogP contribution is 2.24. The molecule has 0 bridgehead atoms. The van der Waals surface area contributed by atoms with E-state index in [1.54, 1.807) is 18.2 Å². The third-order valence-electron chi connectivity index (χ3n) is 4.47. The maximum absolute atomic E-state index is 12.5. The lowest BCUT2D eigenvalue weighted by Crippen LogP contribution is -2.42. The van der Waals surface area contributed by atoms with Gasteiger partial charge in [0.25, 0.3) is 11.5 Å². The van der Waals surface area contributed by atoms with Crippen LogP contribution in [0.3, 0.4) is 0 Å². The molecule has 0 spiro atoms. The highest BCUT2D eigenvalue weighted by molar-refractivity contribution is 7.92. The van der Waals surface area contributed by atoms with Crippen molar-refractivity contribution in [1.29, 1.82) is 0 Å². The van der Waals surface area contributed by atoms with Crippen LogP contribution < -0.4 is 15.2 Å². The highest BCUT2D eigenvalue weighted by atomic mass is 35.5. The minimum atomic E-state index is -3.66. The molecule has 0 unspecified atom stereocenters. The molecule has 1 amide bonds. The van der Waals surface area contributed by atoms with Gasteiger partial charge in [-0.1, -0.05) is 29.3 Å². The van der Waals surface area contributed by atoms with E-state index in [1.807, 2.05) is 0 Å². The molecule has 156 valence electrons. The first-order valence-corrected chi connectivity index (χ1v) is 11.0. The molecule has 1 aliphatic heterocycles. The summed E-state index contributed by atoms with van der Waals surface area (Å²) in [5.74, 6) is -1.99. The maximum Gasteiger partial charge on any atom is 0.297 e. The molecule has 29 heavy (non-hydrogen) atoms. The lowest BCUT2D eigenvalue weighted by molar-refractivity contribution is 0.0942. The number of hydrogen-bond acceptors (Lipinski definition) is 6. The molecule has 0 atom stereocenters. The Morgan fingerprint density at radius 2 is 2.00 bits per heavy atom. The van der Waals surface area contributed by atoms with Crippen LogP contribution in [0.15, 0.2) is 23.0 Å². The van der Waals surface area contributed by atoms with E-state index in [4.69, 9.17) is 23.2 Å². The van der Waals surface area contributed by atoms with Crippen molar-refractivity contribution in [2.75, 3.05) is 16.6 Å². The number of halogens is 2. The minimum absolute atomic E-state index is 0.0311. The van der Waals surface area contributed by atoms with Crippen molar-refractivity contribution >= 4 is 45.1 Å². The van der Waals surface area contributed by atoms with Gasteiger partial charge in [0.05, 0.1) is 15.8 Å². The van der Waals surface area contributed by atoms with Crippen LogP contribution in [0.2, 0.25) is 10.0 Å². The summed E-state index contributed by atoms with van der Waals surface area (Å²) in [6.45, 7) is 0.168. The zero-order valence-corrected chi connectivity index (χ0v) is 17.7. The summed E-state index contributed by atoms with van der Waals surface area (Å²) in [4.78, 5) is 28.9. The molecule has 0 saturated carbocycles. The van der Waals surface area contributed by atoms with Gasteiger partial charge in [-0.15, -0.1) is 0 Å². The van der Waals surface area contributed by atoms with Gasteiger partial charge in [-0.2, -0.15) is 0 Å². The Morgan fingerprint density at radius 1 is 1.28 bits per heavy atom. The molecule has 9 nitrogen and oxygen atoms in total. The van der Waals surface area contributed by atoms with Crippen molar-refractivity contribution in [2.24, 2.45) is 7.05 Å². The second kappa shape index (κ2) is 8.21. The van der Waals surface area contributed by atoms with E-state index in [-0.39, 0.29) is 24.8 Å². The summed E-state index contributed by atoms with van der Waals surface area (Å²) < 4.78 is 26.6. The molecular weight excluding hydrogens is 443 g/mol. The molecule has 1 aromatic carbocycles. The summed E-state index contributed by atoms with van der Waals surface area (Å²) >= 11 is 11.8. The number of carbonyl (C=O) groups is 1. The third-order valence-corrected chi connectivity index (χ3v) is 7.03. The lowest BCUT2D eigenvalue weighted by atomic mass is 10.2. The van der Waals surface area contributed by atoms with Gasteiger partial charge in [-0.05, 0) is 30.5 Å². The van der Waals surface area contributed by atoms with E-state index >= 15 is 0 Å². The number of anilines is 1. The molecule has 0 aliphatic carbocycles. The number of aromatic nitrogens is 2. The van der Waals surface area contributed by atoms with Crippen LogP contribution in [-0.2, 0) is 23.6 Å². The number of carbonyl (C=O) groups excluding carboxylic acids is 1. The Balaban J connectivity index is 1.92. The summed E-state index contributed by atoms with van der Waals surface area (Å²) in [6, 6.07) is 4.78. The monoisotopic (exact) mass is 460 g/mol. The minimum Gasteiger partial charge on any atom is -0.501 e. The Bertz CT molecular complexity index is 1130. The van der Waals surface area contributed by atoms with Gasteiger partial charge < -0.3 is 10.4 Å². The van der Waals surface area contributed by atoms with Crippen molar-refractivity contribution in [3.63, 3.8) is 0 Å². The van der Waals surface area contributed by atoms with Crippen molar-refractivity contribution in [3.8, 4) is 5.75 Å². The molecule has 1 aromatic heterocycles. The van der Waals surface area contributed by atoms with E-state index in [1.165, 1.54) is 7.05 Å². The predicted octanol–water partition coefficient (Wildman–Crippen LogP) is 1.65. The van der Waals surface area contributed by atoms with E-state index in [0.29, 0.717) is 28.5 Å². The molecule has 2 N–H and O–H groups in total. The van der Waals surface area contributed by atoms with Crippen molar-refractivity contribution < 1.29 is 18.3 Å². The summed E-state index contributed by atoms with van der Waals surface area (Å²) in [5.41, 5.74) is -0.839. The van der Waals surface area contributed by atoms with E-state index in [0.717, 1.165) is 8.87 Å². The quantitative estimate of drug-likeness (QED) is 0.714. The standard InChI is InChI=1S/C17H18Cl2N4O5S/c1-22-16(26)14(24)13(21-17(22)23-6-2-3-7-29(23,27)28)15(25)20-9-10-4-5-11(18)12(19)8-10/h4-5,8,24H,2-3,6-7,9H2,1H3,(H,20,25). The first-order chi connectivity index (χ1) is 13.6. The molecule has 2 heterocycles. The van der Waals surface area contributed by atoms with Gasteiger partial charge in [-0.3, -0.25) is 14.2 Å². The molecule has 12 heteroatoms. The van der Waals surface area contributed by atoms with E-state index < -0.39 is 32.9 Å². The van der Waals surface area contributed by atoms with Crippen LogP contribution in [0.25, 0.3) is 0 Å². The van der Waals surface area contributed by atoms with Crippen LogP contribution in [0.1, 0.15) is 28.9 Å². The van der Waals surface area contributed by atoms with E-state index in [2.05, 4.69) is 10.3 Å². The highest BCUT2D eigenvalue weighted by Gasteiger charge is 2.31. The average Bonchev–Trinajstić information content (AvgIpc) is 2.67. The largest absolute Gasteiger partial charge is 0.501 e. The third kappa shape index (κ3) is 4.34. The number of benzene rings is 1. The van der Waals surface area contributed by atoms with Gasteiger partial charge >= 0.3 is 0 Å². The zero-order chi connectivity index (χ0) is 21.3. The Morgan fingerprint density at radius 3 is 2.66 bits per heavy atom. The molecule has 3 rings (SSSR count). The topological polar surface area (TPSA) is 122 Å². The number of sulfonamides is 1. The number of nitrogens with one attached hydrogen (secondary N) is 1. The fraction of sp³-hybridized carbons (Fsp3) is 0.353. The summed E-state index contributed by atoms with van der Waals surface area (Å²) in [6.07, 6.45) is 1.09. The van der Waals surface area contributed by atoms with Crippen molar-refractivity contribution in [3.05, 3.63) is 49.9 Å². The van der Waals surface area contributed by atoms with Crippen LogP contribution in [0, 0.1) is 0 Å². The van der Waals surface area contributed by atoms with E-state index in [9.17, 15) is 23.1 Å². The summed E-state index contributed by atoms with van der Waals surface area (Å²) in [7, 11) is -2.38. The molecule has 1 fully saturated rings. The molecule has 1 aliphatic rings. The molecule has 1 saturated heterocycles. The average molecular weight is 461 g/mol. The first kappa shape index (κ1) is 21.4. The van der Waals surface area contributed by atoms with Gasteiger partial charge in [0.2, 0.25) is 21.7 Å². The Kier molecular flexibility index (Phi) is 6.06. The van der Waals surface area contributed by atoms with Crippen molar-refractivity contribution in [2.45, 2.75) is 19.4 Å². The first-order valence-electron chi connectivity index (χ1n) is 8.64. The van der Waals surface area contributed by atoms with Gasteiger partial charge in [0.1, 0.15) is 0 Å². The number of amides is 1. The number of aromatic hydroxyl groups is 1. The Hall–Kier alpha value is -2.30. The predicted molar refractivity (Wildman–Crippen MR) is 109 cm³/mol. The smallest absolute Gasteiger partial charge is 0.297 e. The van der Waals surface area contributed by atoms with Gasteiger partial charge in [0.15, 0.2) is 5.69 Å². The second-order valence-corrected chi connectivity index (χ2v) is 9.33. The fourth-order valence-electron chi connectivity index (χ4n) is 2.89.